The van der Waals surface area contributed by atoms with E-state index >= 15 is 0 Å². The normalized spacial score (nSPS) is 6.78. The molecule has 1 aromatic carbocycles. The van der Waals surface area contributed by atoms with E-state index in [-0.39, 0.29) is 24.8 Å². The van der Waals surface area contributed by atoms with Crippen LogP contribution in [-0.4, -0.2) is 22.5 Å². The minimum absolute atomic E-state index is 0. The van der Waals surface area contributed by atoms with Crippen molar-refractivity contribution in [1.82, 2.24) is 0 Å². The van der Waals surface area contributed by atoms with Crippen molar-refractivity contribution in [2.45, 2.75) is 0 Å². The molecule has 0 spiro atoms. The second kappa shape index (κ2) is 6.71. The minimum atomic E-state index is 0. The second-order valence-electron chi connectivity index (χ2n) is 1.37. The van der Waals surface area contributed by atoms with Crippen LogP contribution < -0.4 is 3.58 Å². The quantitative estimate of drug-likeness (QED) is 0.623. The van der Waals surface area contributed by atoms with Crippen LogP contribution in [0.15, 0.2) is 30.3 Å². The fourth-order valence-electron chi connectivity index (χ4n) is 0.438. The van der Waals surface area contributed by atoms with Gasteiger partial charge in [-0.2, -0.15) is 0 Å². The van der Waals surface area contributed by atoms with Crippen molar-refractivity contribution in [2.75, 3.05) is 0 Å². The number of halogens is 2. The molecule has 0 saturated carbocycles. The molecule has 3 radical (unpaired) electrons. The van der Waals surface area contributed by atoms with Gasteiger partial charge in [0.15, 0.2) is 0 Å². The molecular formula is C6H7Cl2Sn. The Labute approximate surface area is 80.9 Å². The molecular weight excluding hydrogens is 262 g/mol. The van der Waals surface area contributed by atoms with Crippen molar-refractivity contribution < 1.29 is 0 Å². The van der Waals surface area contributed by atoms with Gasteiger partial charge in [-0.1, -0.05) is 0 Å². The fourth-order valence-corrected chi connectivity index (χ4v) is 0.987. The molecule has 49 valence electrons. The van der Waals surface area contributed by atoms with Gasteiger partial charge in [0.2, 0.25) is 0 Å². The van der Waals surface area contributed by atoms with Gasteiger partial charge in [0.05, 0.1) is 0 Å². The van der Waals surface area contributed by atoms with Gasteiger partial charge in [-0.15, -0.1) is 24.8 Å². The van der Waals surface area contributed by atoms with Crippen LogP contribution in [0.5, 0.6) is 0 Å². The van der Waals surface area contributed by atoms with Gasteiger partial charge in [0.25, 0.3) is 0 Å². The molecule has 1 rings (SSSR count). The summed E-state index contributed by atoms with van der Waals surface area (Å²) in [5.41, 5.74) is 0. The molecule has 0 fully saturated rings. The molecule has 0 unspecified atom stereocenters. The molecule has 0 aliphatic rings. The SMILES string of the molecule is Cl.Cl.[Sn][c]1ccccc1. The van der Waals surface area contributed by atoms with Crippen LogP contribution in [0, 0.1) is 0 Å². The predicted molar refractivity (Wildman–Crippen MR) is 46.3 cm³/mol. The second-order valence-corrected chi connectivity index (χ2v) is 3.01. The summed E-state index contributed by atoms with van der Waals surface area (Å²) in [5.74, 6) is 0. The number of benzene rings is 1. The Morgan fingerprint density at radius 2 is 1.33 bits per heavy atom. The molecule has 0 saturated heterocycles. The Kier molecular flexibility index (Phi) is 9.17. The van der Waals surface area contributed by atoms with Gasteiger partial charge in [-0.25, -0.2) is 0 Å². The Morgan fingerprint density at radius 3 is 1.56 bits per heavy atom. The summed E-state index contributed by atoms with van der Waals surface area (Å²) in [6, 6.07) is 10.4. The van der Waals surface area contributed by atoms with Crippen molar-refractivity contribution in [1.29, 1.82) is 0 Å². The van der Waals surface area contributed by atoms with E-state index in [0.717, 1.165) is 0 Å². The van der Waals surface area contributed by atoms with E-state index in [1.165, 1.54) is 26.1 Å². The van der Waals surface area contributed by atoms with Gasteiger partial charge in [-0.05, 0) is 0 Å². The van der Waals surface area contributed by atoms with Crippen LogP contribution in [0.25, 0.3) is 0 Å². The van der Waals surface area contributed by atoms with Gasteiger partial charge in [-0.3, -0.25) is 0 Å². The summed E-state index contributed by atoms with van der Waals surface area (Å²) >= 11 is 1.49. The Balaban J connectivity index is 0. The first-order chi connectivity index (χ1) is 3.39. The number of rotatable bonds is 0. The third-order valence-electron chi connectivity index (χ3n) is 0.774. The average Bonchev–Trinajstić information content (AvgIpc) is 1.69. The van der Waals surface area contributed by atoms with E-state index in [1.54, 1.807) is 0 Å². The summed E-state index contributed by atoms with van der Waals surface area (Å²) in [5, 5.41) is 0. The first-order valence-electron chi connectivity index (χ1n) is 2.16. The van der Waals surface area contributed by atoms with E-state index in [9.17, 15) is 0 Å². The Morgan fingerprint density at radius 1 is 0.889 bits per heavy atom. The third kappa shape index (κ3) is 5.06. The van der Waals surface area contributed by atoms with Crippen LogP contribution in [0.4, 0.5) is 0 Å². The molecule has 0 aliphatic heterocycles. The molecule has 0 heterocycles. The predicted octanol–water partition coefficient (Wildman–Crippen LogP) is 1.32. The zero-order chi connectivity index (χ0) is 5.11. The number of hydrogen-bond acceptors (Lipinski definition) is 0. The molecule has 0 bridgehead atoms. The number of hydrogen-bond donors (Lipinski definition) is 0. The maximum absolute atomic E-state index is 2.12. The summed E-state index contributed by atoms with van der Waals surface area (Å²) in [6.07, 6.45) is 0. The summed E-state index contributed by atoms with van der Waals surface area (Å²) in [7, 11) is 0. The van der Waals surface area contributed by atoms with Crippen LogP contribution >= 0.6 is 24.8 Å². The van der Waals surface area contributed by atoms with Crippen LogP contribution in [0.2, 0.25) is 0 Å². The summed E-state index contributed by atoms with van der Waals surface area (Å²) < 4.78 is 1.41. The molecule has 0 aliphatic carbocycles. The van der Waals surface area contributed by atoms with Gasteiger partial charge in [0.1, 0.15) is 0 Å². The van der Waals surface area contributed by atoms with E-state index in [1.807, 2.05) is 6.07 Å². The van der Waals surface area contributed by atoms with Crippen LogP contribution in [0.1, 0.15) is 0 Å². The zero-order valence-corrected chi connectivity index (χ0v) is 9.19. The van der Waals surface area contributed by atoms with Crippen molar-refractivity contribution in [3.63, 3.8) is 0 Å². The first kappa shape index (κ1) is 12.3. The fraction of sp³-hybridized carbons (Fsp3) is 0. The zero-order valence-electron chi connectivity index (χ0n) is 4.70. The van der Waals surface area contributed by atoms with E-state index < -0.39 is 0 Å². The molecule has 0 nitrogen and oxygen atoms in total. The van der Waals surface area contributed by atoms with Crippen LogP contribution in [0.3, 0.4) is 0 Å². The Hall–Kier alpha value is 0.599. The Bertz CT molecular complexity index is 141. The van der Waals surface area contributed by atoms with E-state index in [0.29, 0.717) is 0 Å². The molecule has 1 aromatic rings. The first-order valence-corrected chi connectivity index (χ1v) is 3.59. The van der Waals surface area contributed by atoms with Gasteiger partial charge < -0.3 is 0 Å². The monoisotopic (exact) mass is 269 g/mol. The van der Waals surface area contributed by atoms with Crippen molar-refractivity contribution in [3.8, 4) is 0 Å². The molecule has 0 atom stereocenters. The molecule has 0 N–H and O–H groups in total. The summed E-state index contributed by atoms with van der Waals surface area (Å²) in [6.45, 7) is 0. The molecule has 0 amide bonds. The van der Waals surface area contributed by atoms with E-state index in [4.69, 9.17) is 0 Å². The standard InChI is InChI=1S/C6H5.2ClH.Sn/c1-2-4-6-5-3-1;;;/h1-5H;2*1H;. The molecule has 3 heteroatoms. The molecule has 0 aromatic heterocycles. The topological polar surface area (TPSA) is 0 Å². The molecule has 9 heavy (non-hydrogen) atoms. The van der Waals surface area contributed by atoms with Crippen molar-refractivity contribution >= 4 is 50.9 Å². The third-order valence-corrected chi connectivity index (χ3v) is 1.73. The maximum atomic E-state index is 2.12. The summed E-state index contributed by atoms with van der Waals surface area (Å²) in [4.78, 5) is 0. The van der Waals surface area contributed by atoms with Gasteiger partial charge in [0, 0.05) is 0 Å². The average molecular weight is 269 g/mol. The van der Waals surface area contributed by atoms with E-state index in [2.05, 4.69) is 24.3 Å². The van der Waals surface area contributed by atoms with Gasteiger partial charge >= 0.3 is 56.4 Å². The van der Waals surface area contributed by atoms with Crippen LogP contribution in [-0.2, 0) is 0 Å². The van der Waals surface area contributed by atoms with Crippen molar-refractivity contribution in [2.24, 2.45) is 0 Å². The van der Waals surface area contributed by atoms with Crippen molar-refractivity contribution in [3.05, 3.63) is 30.3 Å².